The summed E-state index contributed by atoms with van der Waals surface area (Å²) in [6.45, 7) is 7.01. The molecule has 7 nitrogen and oxygen atoms in total. The number of nitrogens with zero attached hydrogens (tertiary/aromatic N) is 3. The van der Waals surface area contributed by atoms with E-state index < -0.39 is 0 Å². The van der Waals surface area contributed by atoms with Crippen LogP contribution < -0.4 is 5.73 Å². The predicted octanol–water partition coefficient (Wildman–Crippen LogP) is 0.587. The summed E-state index contributed by atoms with van der Waals surface area (Å²) in [5.74, 6) is 0.772. The third-order valence-electron chi connectivity index (χ3n) is 2.71. The van der Waals surface area contributed by atoms with Crippen molar-refractivity contribution in [2.24, 2.45) is 5.73 Å². The Labute approximate surface area is 120 Å². The van der Waals surface area contributed by atoms with Gasteiger partial charge in [-0.25, -0.2) is 9.67 Å². The van der Waals surface area contributed by atoms with Crippen molar-refractivity contribution in [3.8, 4) is 0 Å². The summed E-state index contributed by atoms with van der Waals surface area (Å²) >= 11 is 0. The maximum atomic E-state index is 5.53. The molecule has 0 aromatic carbocycles. The smallest absolute Gasteiger partial charge is 0.140 e. The molecule has 1 aromatic heterocycles. The quantitative estimate of drug-likeness (QED) is 0.534. The predicted molar refractivity (Wildman–Crippen MR) is 75.3 cm³/mol. The average molecular weight is 286 g/mol. The highest BCUT2D eigenvalue weighted by Gasteiger charge is 2.00. The van der Waals surface area contributed by atoms with Gasteiger partial charge in [0, 0.05) is 6.61 Å². The molecule has 1 aromatic rings. The summed E-state index contributed by atoms with van der Waals surface area (Å²) in [5, 5.41) is 4.07. The fourth-order valence-corrected chi connectivity index (χ4v) is 1.57. The fraction of sp³-hybridized carbons (Fsp3) is 0.846. The average Bonchev–Trinajstić information content (AvgIpc) is 2.92. The molecule has 0 saturated heterocycles. The van der Waals surface area contributed by atoms with Gasteiger partial charge < -0.3 is 19.9 Å². The van der Waals surface area contributed by atoms with Gasteiger partial charge in [-0.3, -0.25) is 0 Å². The first-order chi connectivity index (χ1) is 9.88. The lowest BCUT2D eigenvalue weighted by molar-refractivity contribution is 0.0122. The molecule has 0 aliphatic heterocycles. The zero-order chi connectivity index (χ0) is 14.5. The summed E-state index contributed by atoms with van der Waals surface area (Å²) in [7, 11) is 0. The summed E-state index contributed by atoms with van der Waals surface area (Å²) in [5.41, 5.74) is 5.53. The van der Waals surface area contributed by atoms with Gasteiger partial charge in [-0.15, -0.1) is 0 Å². The van der Waals surface area contributed by atoms with Crippen LogP contribution in [-0.4, -0.2) is 54.4 Å². The molecule has 0 aliphatic rings. The van der Waals surface area contributed by atoms with Gasteiger partial charge in [0.15, 0.2) is 0 Å². The van der Waals surface area contributed by atoms with E-state index >= 15 is 0 Å². The lowest BCUT2D eigenvalue weighted by Gasteiger charge is -2.07. The molecule has 0 unspecified atom stereocenters. The Morgan fingerprint density at radius 1 is 1.05 bits per heavy atom. The van der Waals surface area contributed by atoms with Gasteiger partial charge in [0.1, 0.15) is 12.2 Å². The number of rotatable bonds is 13. The molecule has 1 rings (SSSR count). The second-order valence-electron chi connectivity index (χ2n) is 4.29. The van der Waals surface area contributed by atoms with E-state index in [1.54, 1.807) is 4.68 Å². The van der Waals surface area contributed by atoms with Crippen molar-refractivity contribution in [2.45, 2.75) is 32.9 Å². The molecule has 0 saturated carbocycles. The molecule has 1 heterocycles. The van der Waals surface area contributed by atoms with Crippen LogP contribution in [0.2, 0.25) is 0 Å². The molecular weight excluding hydrogens is 260 g/mol. The van der Waals surface area contributed by atoms with Crippen molar-refractivity contribution >= 4 is 0 Å². The standard InChI is InChI=1S/C13H26N4O3/c1-2-3-5-18-7-9-20-10-8-19-6-4-17-13(11-14)15-12-16-17/h12H,2-11,14H2,1H3. The van der Waals surface area contributed by atoms with Gasteiger partial charge in [0.25, 0.3) is 0 Å². The lowest BCUT2D eigenvalue weighted by Crippen LogP contribution is -2.15. The van der Waals surface area contributed by atoms with Crippen molar-refractivity contribution < 1.29 is 14.2 Å². The molecule has 20 heavy (non-hydrogen) atoms. The number of hydrogen-bond acceptors (Lipinski definition) is 6. The van der Waals surface area contributed by atoms with Crippen LogP contribution in [0.25, 0.3) is 0 Å². The SMILES string of the molecule is CCCCOCCOCCOCCn1ncnc1CN. The Balaban J connectivity index is 1.85. The maximum absolute atomic E-state index is 5.53. The van der Waals surface area contributed by atoms with Crippen LogP contribution >= 0.6 is 0 Å². The van der Waals surface area contributed by atoms with Crippen molar-refractivity contribution in [1.29, 1.82) is 0 Å². The number of hydrogen-bond donors (Lipinski definition) is 1. The van der Waals surface area contributed by atoms with Crippen molar-refractivity contribution in [2.75, 3.05) is 39.6 Å². The van der Waals surface area contributed by atoms with Gasteiger partial charge in [0.2, 0.25) is 0 Å². The van der Waals surface area contributed by atoms with Crippen LogP contribution in [0.5, 0.6) is 0 Å². The van der Waals surface area contributed by atoms with Crippen molar-refractivity contribution in [3.05, 3.63) is 12.2 Å². The number of nitrogens with two attached hydrogens (primary N) is 1. The fourth-order valence-electron chi connectivity index (χ4n) is 1.57. The molecular formula is C13H26N4O3. The first-order valence-corrected chi connectivity index (χ1v) is 7.18. The summed E-state index contributed by atoms with van der Waals surface area (Å²) in [6.07, 6.45) is 3.77. The van der Waals surface area contributed by atoms with E-state index in [-0.39, 0.29) is 0 Å². The topological polar surface area (TPSA) is 84.4 Å². The highest BCUT2D eigenvalue weighted by molar-refractivity contribution is 4.81. The molecule has 0 aliphatic carbocycles. The molecule has 0 bridgehead atoms. The third kappa shape index (κ3) is 7.54. The Bertz CT molecular complexity index is 333. The van der Waals surface area contributed by atoms with Crippen molar-refractivity contribution in [3.63, 3.8) is 0 Å². The Kier molecular flexibility index (Phi) is 10.0. The highest BCUT2D eigenvalue weighted by Crippen LogP contribution is 1.92. The van der Waals surface area contributed by atoms with Crippen LogP contribution in [-0.2, 0) is 27.3 Å². The molecule has 0 atom stereocenters. The third-order valence-corrected chi connectivity index (χ3v) is 2.71. The van der Waals surface area contributed by atoms with E-state index in [0.29, 0.717) is 46.1 Å². The molecule has 0 spiro atoms. The van der Waals surface area contributed by atoms with E-state index in [1.807, 2.05) is 0 Å². The maximum Gasteiger partial charge on any atom is 0.140 e. The summed E-state index contributed by atoms with van der Waals surface area (Å²) in [4.78, 5) is 4.04. The zero-order valence-electron chi connectivity index (χ0n) is 12.3. The Hall–Kier alpha value is -1.02. The summed E-state index contributed by atoms with van der Waals surface area (Å²) in [6, 6.07) is 0. The monoisotopic (exact) mass is 286 g/mol. The van der Waals surface area contributed by atoms with Crippen LogP contribution in [0.15, 0.2) is 6.33 Å². The molecule has 0 fully saturated rings. The van der Waals surface area contributed by atoms with E-state index in [4.69, 9.17) is 19.9 Å². The second-order valence-corrected chi connectivity index (χ2v) is 4.29. The number of aromatic nitrogens is 3. The van der Waals surface area contributed by atoms with Crippen LogP contribution in [0.4, 0.5) is 0 Å². The molecule has 116 valence electrons. The van der Waals surface area contributed by atoms with E-state index in [9.17, 15) is 0 Å². The van der Waals surface area contributed by atoms with Crippen molar-refractivity contribution in [1.82, 2.24) is 14.8 Å². The van der Waals surface area contributed by atoms with Crippen LogP contribution in [0, 0.1) is 0 Å². The van der Waals surface area contributed by atoms with Crippen LogP contribution in [0.3, 0.4) is 0 Å². The largest absolute Gasteiger partial charge is 0.379 e. The zero-order valence-corrected chi connectivity index (χ0v) is 12.3. The first-order valence-electron chi connectivity index (χ1n) is 7.18. The summed E-state index contributed by atoms with van der Waals surface area (Å²) < 4.78 is 18.0. The molecule has 7 heteroatoms. The van der Waals surface area contributed by atoms with Gasteiger partial charge >= 0.3 is 0 Å². The minimum atomic E-state index is 0.390. The molecule has 2 N–H and O–H groups in total. The van der Waals surface area contributed by atoms with Gasteiger partial charge in [-0.1, -0.05) is 13.3 Å². The minimum Gasteiger partial charge on any atom is -0.379 e. The number of ether oxygens (including phenoxy) is 3. The van der Waals surface area contributed by atoms with Gasteiger partial charge in [0.05, 0.1) is 46.1 Å². The molecule has 0 radical (unpaired) electrons. The first kappa shape index (κ1) is 17.0. The minimum absolute atomic E-state index is 0.390. The second kappa shape index (κ2) is 11.8. The Morgan fingerprint density at radius 2 is 1.70 bits per heavy atom. The lowest BCUT2D eigenvalue weighted by atomic mass is 10.4. The van der Waals surface area contributed by atoms with Gasteiger partial charge in [-0.2, -0.15) is 5.10 Å². The van der Waals surface area contributed by atoms with Crippen LogP contribution in [0.1, 0.15) is 25.6 Å². The van der Waals surface area contributed by atoms with Gasteiger partial charge in [-0.05, 0) is 6.42 Å². The normalized spacial score (nSPS) is 11.1. The highest BCUT2D eigenvalue weighted by atomic mass is 16.5. The van der Waals surface area contributed by atoms with E-state index in [2.05, 4.69) is 17.0 Å². The van der Waals surface area contributed by atoms with E-state index in [0.717, 1.165) is 25.3 Å². The van der Waals surface area contributed by atoms with E-state index in [1.165, 1.54) is 6.33 Å². The Morgan fingerprint density at radius 3 is 2.35 bits per heavy atom. The number of unbranched alkanes of at least 4 members (excludes halogenated alkanes) is 1. The molecule has 0 amide bonds.